The van der Waals surface area contributed by atoms with Gasteiger partial charge in [0.15, 0.2) is 0 Å². The summed E-state index contributed by atoms with van der Waals surface area (Å²) in [5.41, 5.74) is 2.06. The number of rotatable bonds is 4. The van der Waals surface area contributed by atoms with E-state index in [0.717, 1.165) is 11.1 Å². The molecule has 0 spiro atoms. The van der Waals surface area contributed by atoms with E-state index >= 15 is 0 Å². The molecule has 0 saturated carbocycles. The lowest BCUT2D eigenvalue weighted by Gasteiger charge is -2.26. The molecule has 8 heteroatoms. The van der Waals surface area contributed by atoms with E-state index in [1.807, 2.05) is 19.9 Å². The zero-order valence-electron chi connectivity index (χ0n) is 15.1. The molecule has 0 radical (unpaired) electrons. The van der Waals surface area contributed by atoms with Gasteiger partial charge in [0.1, 0.15) is 5.75 Å². The van der Waals surface area contributed by atoms with Crippen molar-refractivity contribution in [3.8, 4) is 5.75 Å². The van der Waals surface area contributed by atoms with E-state index in [9.17, 15) is 13.2 Å². The molecular weight excluding hydrogens is 390 g/mol. The Kier molecular flexibility index (Phi) is 5.86. The lowest BCUT2D eigenvalue weighted by Crippen LogP contribution is -2.40. The van der Waals surface area contributed by atoms with Crippen LogP contribution in [0, 0.1) is 13.8 Å². The van der Waals surface area contributed by atoms with Gasteiger partial charge in [-0.3, -0.25) is 0 Å². The molecule has 6 nitrogen and oxygen atoms in total. The monoisotopic (exact) mass is 409 g/mol. The summed E-state index contributed by atoms with van der Waals surface area (Å²) < 4.78 is 37.5. The molecule has 27 heavy (non-hydrogen) atoms. The van der Waals surface area contributed by atoms with Gasteiger partial charge in [-0.05, 0) is 55.3 Å². The van der Waals surface area contributed by atoms with Crippen LogP contribution in [0.5, 0.6) is 5.75 Å². The van der Waals surface area contributed by atoms with Crippen molar-refractivity contribution in [2.45, 2.75) is 18.7 Å². The van der Waals surface area contributed by atoms with Gasteiger partial charge in [-0.15, -0.1) is 0 Å². The Morgan fingerprint density at radius 3 is 2.44 bits per heavy atom. The van der Waals surface area contributed by atoms with E-state index in [0.29, 0.717) is 19.0 Å². The van der Waals surface area contributed by atoms with Crippen molar-refractivity contribution in [1.29, 1.82) is 0 Å². The fourth-order valence-corrected chi connectivity index (χ4v) is 4.33. The molecule has 1 aliphatic heterocycles. The van der Waals surface area contributed by atoms with Gasteiger partial charge in [0.05, 0.1) is 28.7 Å². The summed E-state index contributed by atoms with van der Waals surface area (Å²) in [5.74, 6) is -0.331. The van der Waals surface area contributed by atoms with Crippen molar-refractivity contribution in [1.82, 2.24) is 4.31 Å². The Morgan fingerprint density at radius 1 is 1.07 bits per heavy atom. The number of carbonyl (C=O) groups is 1. The number of aryl methyl sites for hydroxylation is 2. The van der Waals surface area contributed by atoms with Crippen LogP contribution in [0.4, 0.5) is 0 Å². The third-order valence-corrected chi connectivity index (χ3v) is 6.68. The standard InChI is InChI=1S/C19H20ClNO5S/c1-13-3-4-15(11-14(13)2)26-19(22)17-12-16(5-6-18(17)20)27(23,24)21-7-9-25-10-8-21/h3-6,11-12H,7-10H2,1-2H3. The molecule has 0 bridgehead atoms. The molecule has 1 heterocycles. The van der Waals surface area contributed by atoms with E-state index in [1.54, 1.807) is 12.1 Å². The molecule has 144 valence electrons. The predicted octanol–water partition coefficient (Wildman–Crippen LogP) is 3.20. The Balaban J connectivity index is 1.88. The number of sulfonamides is 1. The van der Waals surface area contributed by atoms with E-state index in [4.69, 9.17) is 21.1 Å². The Morgan fingerprint density at radius 2 is 1.78 bits per heavy atom. The number of hydrogen-bond donors (Lipinski definition) is 0. The van der Waals surface area contributed by atoms with Crippen LogP contribution < -0.4 is 4.74 Å². The topological polar surface area (TPSA) is 72.9 Å². The lowest BCUT2D eigenvalue weighted by atomic mass is 10.1. The van der Waals surface area contributed by atoms with Crippen LogP contribution in [-0.4, -0.2) is 45.0 Å². The summed E-state index contributed by atoms with van der Waals surface area (Å²) in [6.07, 6.45) is 0. The van der Waals surface area contributed by atoms with Gasteiger partial charge >= 0.3 is 5.97 Å². The number of nitrogens with zero attached hydrogens (tertiary/aromatic N) is 1. The Labute approximate surface area is 163 Å². The summed E-state index contributed by atoms with van der Waals surface area (Å²) in [6, 6.07) is 9.32. The molecule has 2 aromatic rings. The number of carbonyl (C=O) groups excluding carboxylic acids is 1. The minimum absolute atomic E-state index is 0.000775. The largest absolute Gasteiger partial charge is 0.423 e. The van der Waals surface area contributed by atoms with E-state index in [2.05, 4.69) is 0 Å². The maximum Gasteiger partial charge on any atom is 0.345 e. The van der Waals surface area contributed by atoms with Crippen LogP contribution in [0.15, 0.2) is 41.3 Å². The van der Waals surface area contributed by atoms with Crippen molar-refractivity contribution >= 4 is 27.6 Å². The Hall–Kier alpha value is -1.93. The number of esters is 1. The van der Waals surface area contributed by atoms with Crippen molar-refractivity contribution in [2.75, 3.05) is 26.3 Å². The fourth-order valence-electron chi connectivity index (χ4n) is 2.70. The predicted molar refractivity (Wildman–Crippen MR) is 102 cm³/mol. The number of halogens is 1. The maximum atomic E-state index is 12.8. The quantitative estimate of drug-likeness (QED) is 0.572. The van der Waals surface area contributed by atoms with E-state index in [-0.39, 0.29) is 28.6 Å². The van der Waals surface area contributed by atoms with Crippen LogP contribution in [0.2, 0.25) is 5.02 Å². The highest BCUT2D eigenvalue weighted by molar-refractivity contribution is 7.89. The number of ether oxygens (including phenoxy) is 2. The number of hydrogen-bond acceptors (Lipinski definition) is 5. The highest BCUT2D eigenvalue weighted by Crippen LogP contribution is 2.25. The average Bonchev–Trinajstić information content (AvgIpc) is 2.65. The number of morpholine rings is 1. The molecule has 0 aliphatic carbocycles. The molecule has 0 N–H and O–H groups in total. The minimum atomic E-state index is -3.73. The molecule has 0 unspecified atom stereocenters. The summed E-state index contributed by atoms with van der Waals surface area (Å²) in [6.45, 7) is 5.09. The van der Waals surface area contributed by atoms with Gasteiger partial charge in [-0.2, -0.15) is 4.31 Å². The molecule has 1 aliphatic rings. The highest BCUT2D eigenvalue weighted by Gasteiger charge is 2.28. The third-order valence-electron chi connectivity index (χ3n) is 4.45. The van der Waals surface area contributed by atoms with Gasteiger partial charge < -0.3 is 9.47 Å². The van der Waals surface area contributed by atoms with Crippen LogP contribution in [0.3, 0.4) is 0 Å². The number of benzene rings is 2. The van der Waals surface area contributed by atoms with Crippen molar-refractivity contribution in [2.24, 2.45) is 0 Å². The van der Waals surface area contributed by atoms with Crippen LogP contribution >= 0.6 is 11.6 Å². The summed E-state index contributed by atoms with van der Waals surface area (Å²) in [4.78, 5) is 12.6. The first-order valence-corrected chi connectivity index (χ1v) is 10.3. The van der Waals surface area contributed by atoms with Crippen molar-refractivity contribution < 1.29 is 22.7 Å². The lowest BCUT2D eigenvalue weighted by molar-refractivity contribution is 0.0727. The molecule has 0 aromatic heterocycles. The van der Waals surface area contributed by atoms with Gasteiger partial charge in [0.25, 0.3) is 0 Å². The first kappa shape index (κ1) is 19.8. The van der Waals surface area contributed by atoms with Crippen molar-refractivity contribution in [3.63, 3.8) is 0 Å². The van der Waals surface area contributed by atoms with Gasteiger partial charge in [0.2, 0.25) is 10.0 Å². The highest BCUT2D eigenvalue weighted by atomic mass is 35.5. The molecule has 2 aromatic carbocycles. The zero-order chi connectivity index (χ0) is 19.6. The molecule has 3 rings (SSSR count). The zero-order valence-corrected chi connectivity index (χ0v) is 16.6. The third kappa shape index (κ3) is 4.32. The van der Waals surface area contributed by atoms with E-state index < -0.39 is 16.0 Å². The summed E-state index contributed by atoms with van der Waals surface area (Å²) >= 11 is 6.12. The summed E-state index contributed by atoms with van der Waals surface area (Å²) in [7, 11) is -3.73. The molecule has 1 fully saturated rings. The van der Waals surface area contributed by atoms with Crippen molar-refractivity contribution in [3.05, 3.63) is 58.1 Å². The smallest absolute Gasteiger partial charge is 0.345 e. The van der Waals surface area contributed by atoms with Crippen LogP contribution in [0.1, 0.15) is 21.5 Å². The first-order chi connectivity index (χ1) is 12.8. The van der Waals surface area contributed by atoms with E-state index in [1.165, 1.54) is 22.5 Å². The average molecular weight is 410 g/mol. The molecule has 0 atom stereocenters. The maximum absolute atomic E-state index is 12.8. The second-order valence-corrected chi connectivity index (χ2v) is 8.64. The van der Waals surface area contributed by atoms with Gasteiger partial charge in [-0.25, -0.2) is 13.2 Å². The normalized spacial score (nSPS) is 15.5. The second kappa shape index (κ2) is 7.98. The van der Waals surface area contributed by atoms with Gasteiger partial charge in [0, 0.05) is 13.1 Å². The molecule has 0 amide bonds. The molecule has 1 saturated heterocycles. The summed E-state index contributed by atoms with van der Waals surface area (Å²) in [5, 5.41) is 0.129. The fraction of sp³-hybridized carbons (Fsp3) is 0.316. The molecular formula is C19H20ClNO5S. The minimum Gasteiger partial charge on any atom is -0.423 e. The Bertz CT molecular complexity index is 968. The second-order valence-electron chi connectivity index (χ2n) is 6.29. The van der Waals surface area contributed by atoms with Gasteiger partial charge in [-0.1, -0.05) is 17.7 Å². The SMILES string of the molecule is Cc1ccc(OC(=O)c2cc(S(=O)(=O)N3CCOCC3)ccc2Cl)cc1C. The van der Waals surface area contributed by atoms with Crippen LogP contribution in [0.25, 0.3) is 0 Å². The van der Waals surface area contributed by atoms with Crippen LogP contribution in [-0.2, 0) is 14.8 Å². The first-order valence-electron chi connectivity index (χ1n) is 8.46.